The number of nitrogens with zero attached hydrogens (tertiary/aromatic N) is 2. The first kappa shape index (κ1) is 13.0. The Morgan fingerprint density at radius 1 is 1.40 bits per heavy atom. The Balaban J connectivity index is 1.99. The fraction of sp³-hybridized carbons (Fsp3) is 0.467. The Hall–Kier alpha value is -2.04. The number of nitrogens with one attached hydrogen (secondary N) is 1. The number of anilines is 1. The van der Waals surface area contributed by atoms with E-state index in [1.807, 2.05) is 32.9 Å². The first-order valence-corrected chi connectivity index (χ1v) is 6.91. The van der Waals surface area contributed by atoms with Gasteiger partial charge < -0.3 is 9.72 Å². The third-order valence-corrected chi connectivity index (χ3v) is 3.38. The number of benzene rings is 1. The Bertz CT molecular complexity index is 655. The Morgan fingerprint density at radius 3 is 2.95 bits per heavy atom. The fourth-order valence-electron chi connectivity index (χ4n) is 2.60. The minimum absolute atomic E-state index is 0.284. The number of carbonyl (C=O) groups is 1. The van der Waals surface area contributed by atoms with E-state index in [1.54, 1.807) is 11.2 Å². The normalized spacial score (nSPS) is 15.2. The fourth-order valence-corrected chi connectivity index (χ4v) is 2.60. The maximum absolute atomic E-state index is 12.3. The molecule has 0 bridgehead atoms. The van der Waals surface area contributed by atoms with E-state index in [4.69, 9.17) is 4.74 Å². The van der Waals surface area contributed by atoms with Crippen molar-refractivity contribution in [3.05, 3.63) is 24.0 Å². The molecule has 5 heteroatoms. The molecule has 0 spiro atoms. The van der Waals surface area contributed by atoms with Crippen LogP contribution in [0.25, 0.3) is 11.0 Å². The van der Waals surface area contributed by atoms with Crippen LogP contribution in [0.1, 0.15) is 32.8 Å². The topological polar surface area (TPSA) is 58.2 Å². The number of imidazole rings is 1. The van der Waals surface area contributed by atoms with Gasteiger partial charge in [-0.05, 0) is 45.7 Å². The van der Waals surface area contributed by atoms with Crippen molar-refractivity contribution in [3.8, 4) is 0 Å². The number of aryl methyl sites for hydroxylation is 1. The lowest BCUT2D eigenvalue weighted by Gasteiger charge is -2.31. The maximum Gasteiger partial charge on any atom is 0.414 e. The molecule has 1 aliphatic rings. The van der Waals surface area contributed by atoms with Crippen LogP contribution in [0.4, 0.5) is 10.5 Å². The van der Waals surface area contributed by atoms with E-state index in [0.717, 1.165) is 35.1 Å². The van der Waals surface area contributed by atoms with Crippen molar-refractivity contribution >= 4 is 22.8 Å². The number of H-pyrrole nitrogens is 1. The highest BCUT2D eigenvalue weighted by molar-refractivity contribution is 5.94. The number of aromatic nitrogens is 2. The number of rotatable bonds is 0. The van der Waals surface area contributed by atoms with Gasteiger partial charge in [0.1, 0.15) is 5.60 Å². The summed E-state index contributed by atoms with van der Waals surface area (Å²) in [6.45, 7) is 6.34. The van der Waals surface area contributed by atoms with Crippen LogP contribution in [0.15, 0.2) is 18.5 Å². The average Bonchev–Trinajstić information content (AvgIpc) is 2.84. The van der Waals surface area contributed by atoms with Gasteiger partial charge in [-0.25, -0.2) is 9.78 Å². The first-order valence-electron chi connectivity index (χ1n) is 6.91. The van der Waals surface area contributed by atoms with Gasteiger partial charge in [0.2, 0.25) is 0 Å². The number of fused-ring (bicyclic) bond motifs is 3. The largest absolute Gasteiger partial charge is 0.443 e. The quantitative estimate of drug-likeness (QED) is 0.801. The van der Waals surface area contributed by atoms with Gasteiger partial charge in [-0.3, -0.25) is 4.90 Å². The zero-order valence-corrected chi connectivity index (χ0v) is 12.1. The van der Waals surface area contributed by atoms with Crippen molar-refractivity contribution in [2.45, 2.75) is 39.2 Å². The summed E-state index contributed by atoms with van der Waals surface area (Å²) in [4.78, 5) is 21.5. The van der Waals surface area contributed by atoms with Gasteiger partial charge in [0.15, 0.2) is 0 Å². The Labute approximate surface area is 117 Å². The lowest BCUT2D eigenvalue weighted by Crippen LogP contribution is -2.39. The molecule has 0 unspecified atom stereocenters. The van der Waals surface area contributed by atoms with E-state index >= 15 is 0 Å². The molecule has 0 atom stereocenters. The van der Waals surface area contributed by atoms with Crippen molar-refractivity contribution < 1.29 is 9.53 Å². The third-order valence-electron chi connectivity index (χ3n) is 3.38. The minimum Gasteiger partial charge on any atom is -0.443 e. The van der Waals surface area contributed by atoms with Crippen LogP contribution in [-0.2, 0) is 11.2 Å². The molecule has 1 aromatic carbocycles. The number of amides is 1. The summed E-state index contributed by atoms with van der Waals surface area (Å²) in [5.41, 5.74) is 3.53. The molecule has 5 nitrogen and oxygen atoms in total. The molecular weight excluding hydrogens is 254 g/mol. The van der Waals surface area contributed by atoms with Gasteiger partial charge >= 0.3 is 6.09 Å². The summed E-state index contributed by atoms with van der Waals surface area (Å²) in [5.74, 6) is 0. The van der Waals surface area contributed by atoms with Gasteiger partial charge in [-0.15, -0.1) is 0 Å². The SMILES string of the molecule is CC(C)(C)OC(=O)N1CCCc2c1ccc1[nH]cnc21. The minimum atomic E-state index is -0.481. The predicted molar refractivity (Wildman–Crippen MR) is 78.0 cm³/mol. The highest BCUT2D eigenvalue weighted by Gasteiger charge is 2.28. The van der Waals surface area contributed by atoms with Crippen LogP contribution in [-0.4, -0.2) is 28.2 Å². The van der Waals surface area contributed by atoms with Gasteiger partial charge in [-0.1, -0.05) is 0 Å². The standard InChI is InChI=1S/C15H19N3O2/c1-15(2,3)20-14(19)18-8-4-5-10-12(18)7-6-11-13(10)17-9-16-11/h6-7,9H,4-5,8H2,1-3H3,(H,16,17). The smallest absolute Gasteiger partial charge is 0.414 e. The molecule has 0 radical (unpaired) electrons. The van der Waals surface area contributed by atoms with Crippen LogP contribution in [0.5, 0.6) is 0 Å². The van der Waals surface area contributed by atoms with Crippen molar-refractivity contribution in [3.63, 3.8) is 0 Å². The van der Waals surface area contributed by atoms with Crippen LogP contribution in [0.2, 0.25) is 0 Å². The average molecular weight is 273 g/mol. The predicted octanol–water partition coefficient (Wildman–Crippen LogP) is 3.25. The summed E-state index contributed by atoms with van der Waals surface area (Å²) < 4.78 is 5.49. The van der Waals surface area contributed by atoms with Crippen LogP contribution in [0.3, 0.4) is 0 Å². The number of hydrogen-bond acceptors (Lipinski definition) is 3. The van der Waals surface area contributed by atoms with Crippen molar-refractivity contribution in [2.75, 3.05) is 11.4 Å². The van der Waals surface area contributed by atoms with E-state index in [9.17, 15) is 4.79 Å². The molecule has 0 saturated heterocycles. The Kier molecular flexibility index (Phi) is 2.92. The van der Waals surface area contributed by atoms with E-state index in [0.29, 0.717) is 6.54 Å². The van der Waals surface area contributed by atoms with Gasteiger partial charge in [0.05, 0.1) is 23.0 Å². The molecule has 2 heterocycles. The first-order chi connectivity index (χ1) is 9.46. The monoisotopic (exact) mass is 273 g/mol. The number of hydrogen-bond donors (Lipinski definition) is 1. The van der Waals surface area contributed by atoms with Gasteiger partial charge in [-0.2, -0.15) is 0 Å². The second-order valence-electron chi connectivity index (χ2n) is 6.10. The number of carbonyl (C=O) groups excluding carboxylic acids is 1. The molecule has 0 aliphatic carbocycles. The van der Waals surface area contributed by atoms with Gasteiger partial charge in [0, 0.05) is 12.1 Å². The molecule has 0 fully saturated rings. The van der Waals surface area contributed by atoms with Crippen LogP contribution < -0.4 is 4.90 Å². The molecule has 1 aromatic heterocycles. The molecule has 20 heavy (non-hydrogen) atoms. The summed E-state index contributed by atoms with van der Waals surface area (Å²) in [6, 6.07) is 3.93. The van der Waals surface area contributed by atoms with E-state index in [-0.39, 0.29) is 6.09 Å². The van der Waals surface area contributed by atoms with E-state index in [1.165, 1.54) is 0 Å². The van der Waals surface area contributed by atoms with Crippen molar-refractivity contribution in [1.29, 1.82) is 0 Å². The summed E-state index contributed by atoms with van der Waals surface area (Å²) in [6.07, 6.45) is 3.28. The summed E-state index contributed by atoms with van der Waals surface area (Å²) in [5, 5.41) is 0. The molecule has 1 N–H and O–H groups in total. The van der Waals surface area contributed by atoms with Gasteiger partial charge in [0.25, 0.3) is 0 Å². The summed E-state index contributed by atoms with van der Waals surface area (Å²) >= 11 is 0. The zero-order chi connectivity index (χ0) is 14.3. The molecule has 3 rings (SSSR count). The highest BCUT2D eigenvalue weighted by atomic mass is 16.6. The van der Waals surface area contributed by atoms with E-state index in [2.05, 4.69) is 9.97 Å². The molecule has 0 saturated carbocycles. The van der Waals surface area contributed by atoms with Crippen molar-refractivity contribution in [2.24, 2.45) is 0 Å². The molecule has 106 valence electrons. The number of ether oxygens (including phenoxy) is 1. The highest BCUT2D eigenvalue weighted by Crippen LogP contribution is 2.32. The van der Waals surface area contributed by atoms with Crippen molar-refractivity contribution in [1.82, 2.24) is 9.97 Å². The molecule has 2 aromatic rings. The lowest BCUT2D eigenvalue weighted by atomic mass is 10.0. The third kappa shape index (κ3) is 2.24. The van der Waals surface area contributed by atoms with Crippen LogP contribution in [0, 0.1) is 0 Å². The Morgan fingerprint density at radius 2 is 2.20 bits per heavy atom. The summed E-state index contributed by atoms with van der Waals surface area (Å²) in [7, 11) is 0. The lowest BCUT2D eigenvalue weighted by molar-refractivity contribution is 0.0578. The molecular formula is C15H19N3O2. The molecule has 1 aliphatic heterocycles. The van der Waals surface area contributed by atoms with E-state index < -0.39 is 5.60 Å². The van der Waals surface area contributed by atoms with Crippen LogP contribution >= 0.6 is 0 Å². The second-order valence-corrected chi connectivity index (χ2v) is 6.10. The molecule has 1 amide bonds. The number of aromatic amines is 1. The second kappa shape index (κ2) is 4.51. The maximum atomic E-state index is 12.3. The zero-order valence-electron chi connectivity index (χ0n) is 12.1.